The molecule has 4 heterocycles. The molecule has 0 spiro atoms. The second-order valence-corrected chi connectivity index (χ2v) is 21.0. The van der Waals surface area contributed by atoms with E-state index in [1.54, 1.807) is 30.3 Å². The van der Waals surface area contributed by atoms with Crippen molar-refractivity contribution in [2.75, 3.05) is 26.4 Å². The third-order valence-electron chi connectivity index (χ3n) is 11.9. The van der Waals surface area contributed by atoms with Gasteiger partial charge in [-0.25, -0.2) is 0 Å². The zero-order valence-corrected chi connectivity index (χ0v) is 47.2. The van der Waals surface area contributed by atoms with Crippen LogP contribution in [0.3, 0.4) is 0 Å². The van der Waals surface area contributed by atoms with Gasteiger partial charge in [0.15, 0.2) is 6.10 Å². The maximum atomic E-state index is 13.0. The maximum absolute atomic E-state index is 13.0. The zero-order valence-electron chi connectivity index (χ0n) is 45.5. The summed E-state index contributed by atoms with van der Waals surface area (Å²) in [5.74, 6) is -9.40. The molecule has 4 saturated heterocycles. The summed E-state index contributed by atoms with van der Waals surface area (Å²) in [7, 11) is 0. The summed E-state index contributed by atoms with van der Waals surface area (Å²) in [6.07, 6.45) is -33.8. The van der Waals surface area contributed by atoms with E-state index < -0.39 is 223 Å². The molecule has 81 heavy (non-hydrogen) atoms. The Kier molecular flexibility index (Phi) is 24.7. The minimum absolute atomic E-state index is 0.654. The molecule has 0 aliphatic carbocycles. The van der Waals surface area contributed by atoms with Gasteiger partial charge in [0.25, 0.3) is 0 Å². The van der Waals surface area contributed by atoms with E-state index in [1.165, 1.54) is 0 Å². The van der Waals surface area contributed by atoms with Crippen LogP contribution in [0, 0.1) is 0 Å². The fourth-order valence-electron chi connectivity index (χ4n) is 8.97. The molecule has 0 saturated carbocycles. The van der Waals surface area contributed by atoms with E-state index in [1.807, 2.05) is 0 Å². The number of benzene rings is 1. The van der Waals surface area contributed by atoms with Gasteiger partial charge >= 0.3 is 397 Å². The van der Waals surface area contributed by atoms with Crippen LogP contribution < -0.4 is 4.46 Å². The first-order valence-corrected chi connectivity index (χ1v) is 26.9. The van der Waals surface area contributed by atoms with Gasteiger partial charge in [-0.15, -0.1) is 0 Å². The van der Waals surface area contributed by atoms with Crippen molar-refractivity contribution in [3.8, 4) is 0 Å². The molecule has 0 unspecified atom stereocenters. The zero-order chi connectivity index (χ0) is 60.0. The molecule has 20 atom stereocenters. The number of esters is 10. The van der Waals surface area contributed by atoms with Crippen molar-refractivity contribution in [1.29, 1.82) is 0 Å². The van der Waals surface area contributed by atoms with Crippen LogP contribution in [-0.2, 0) is 128 Å². The predicted molar refractivity (Wildman–Crippen MR) is 259 cm³/mol. The summed E-state index contributed by atoms with van der Waals surface area (Å²) in [6.45, 7) is 6.96. The van der Waals surface area contributed by atoms with Gasteiger partial charge in [0.1, 0.15) is 6.61 Å². The summed E-state index contributed by atoms with van der Waals surface area (Å²) >= 11 is -0.862. The Morgan fingerprint density at radius 1 is 0.395 bits per heavy atom. The molecule has 4 aliphatic heterocycles. The number of rotatable bonds is 22. The summed E-state index contributed by atoms with van der Waals surface area (Å²) in [4.78, 5) is 125. The van der Waals surface area contributed by atoms with Crippen molar-refractivity contribution in [2.24, 2.45) is 0 Å². The molecule has 4 aliphatic rings. The average Bonchev–Trinajstić information content (AvgIpc) is 3.47. The molecule has 5 rings (SSSR count). The van der Waals surface area contributed by atoms with Gasteiger partial charge in [-0.05, 0) is 0 Å². The van der Waals surface area contributed by atoms with Crippen LogP contribution in [0.5, 0.6) is 0 Å². The van der Waals surface area contributed by atoms with E-state index in [9.17, 15) is 63.3 Å². The van der Waals surface area contributed by atoms with Gasteiger partial charge in [-0.3, -0.25) is 19.2 Å². The fraction of sp³-hybridized carbons (Fsp3) is 0.680. The number of ether oxygens (including phenoxy) is 17. The molecule has 0 amide bonds. The van der Waals surface area contributed by atoms with E-state index in [0.29, 0.717) is 4.46 Å². The van der Waals surface area contributed by atoms with Crippen molar-refractivity contribution in [3.05, 3.63) is 30.3 Å². The van der Waals surface area contributed by atoms with Gasteiger partial charge in [0, 0.05) is 27.7 Å². The second-order valence-electron chi connectivity index (χ2n) is 18.5. The first kappa shape index (κ1) is 65.8. The quantitative estimate of drug-likeness (QED) is 0.0591. The summed E-state index contributed by atoms with van der Waals surface area (Å²) in [6, 6.07) is 8.61. The molecule has 1 aromatic rings. The van der Waals surface area contributed by atoms with Crippen LogP contribution in [0.25, 0.3) is 0 Å². The first-order valence-electron chi connectivity index (χ1n) is 25.0. The fourth-order valence-corrected chi connectivity index (χ4v) is 11.3. The topological polar surface area (TPSA) is 388 Å². The first-order chi connectivity index (χ1) is 38.2. The van der Waals surface area contributed by atoms with E-state index in [4.69, 9.17) is 80.5 Å². The van der Waals surface area contributed by atoms with Crippen molar-refractivity contribution in [1.82, 2.24) is 0 Å². The summed E-state index contributed by atoms with van der Waals surface area (Å²) in [5, 5.41) is 33.6. The van der Waals surface area contributed by atoms with Crippen molar-refractivity contribution in [3.63, 3.8) is 0 Å². The van der Waals surface area contributed by atoms with Crippen molar-refractivity contribution in [2.45, 2.75) is 191 Å². The van der Waals surface area contributed by atoms with Crippen LogP contribution in [0.1, 0.15) is 69.2 Å². The Morgan fingerprint density at radius 2 is 0.741 bits per heavy atom. The molecular formula is C50H66O30Se. The van der Waals surface area contributed by atoms with Crippen molar-refractivity contribution >= 4 is 79.1 Å². The standard InChI is InChI=1S/C50H66O30Se/c1-20(52)64-18-33-37(67-22(3)54)41(69-24(5)56)44(72-27(8)59)48(76-33)79-39-35(62)31(16-51)75-47(43(39)71-26(7)58)66-17-32-36(63)40(46(74-29(10)61)50(78-32)81-30-14-12-11-13-15-30)80-49-45(73-28(9)60)42(70-25(6)57)38(68-23(4)55)34(77-49)19-65-21(2)53/h11-15,31-51,62-63H,16-19H2,1-10H3/t31-,32-,33-,34-,35-,36-,37-,38-,39+,40+,41+,42+,43-,44-,45-,46-,47-,48+,49+,50+/m1/s1. The molecular weight excluding hydrogens is 1160 g/mol. The second kappa shape index (κ2) is 30.4. The van der Waals surface area contributed by atoms with Gasteiger partial charge in [-0.2, -0.15) is 0 Å². The van der Waals surface area contributed by atoms with E-state index in [-0.39, 0.29) is 0 Å². The van der Waals surface area contributed by atoms with Gasteiger partial charge < -0.3 is 14.2 Å². The van der Waals surface area contributed by atoms with Gasteiger partial charge in [-0.1, -0.05) is 0 Å². The monoisotopic (exact) mass is 1230 g/mol. The predicted octanol–water partition coefficient (Wildman–Crippen LogP) is -3.00. The van der Waals surface area contributed by atoms with Crippen LogP contribution >= 0.6 is 0 Å². The number of carbonyl (C=O) groups excluding carboxylic acids is 10. The van der Waals surface area contributed by atoms with Crippen LogP contribution in [0.4, 0.5) is 0 Å². The Balaban J connectivity index is 1.58. The van der Waals surface area contributed by atoms with Crippen LogP contribution in [0.2, 0.25) is 0 Å². The molecule has 452 valence electrons. The molecule has 0 radical (unpaired) electrons. The molecule has 4 fully saturated rings. The molecule has 31 heteroatoms. The van der Waals surface area contributed by atoms with Crippen LogP contribution in [-0.4, -0.2) is 238 Å². The van der Waals surface area contributed by atoms with Gasteiger partial charge in [0.05, 0.1) is 0 Å². The number of aliphatic hydroxyl groups excluding tert-OH is 3. The Hall–Kier alpha value is -5.96. The van der Waals surface area contributed by atoms with Gasteiger partial charge in [0.2, 0.25) is 0 Å². The molecule has 0 aromatic heterocycles. The molecule has 1 aromatic carbocycles. The number of aliphatic hydroxyl groups is 3. The Morgan fingerprint density at radius 3 is 1.14 bits per heavy atom. The van der Waals surface area contributed by atoms with Crippen LogP contribution in [0.15, 0.2) is 30.3 Å². The number of hydrogen-bond donors (Lipinski definition) is 3. The SMILES string of the molecule is CC(=O)OC[C@H]1O[C@@H](O[C@H]2[C@H](O)[C@@H](CO[C@@H]3O[C@H](CO)[C@@H](O)[C@H](O[C@@H]4O[C@H](COC(C)=O)[C@@H](OC(C)=O)[C@H](OC(C)=O)[C@H]4OC(C)=O)[C@H]3OC(C)=O)O[C@@H]([Se]c3ccccc3)[C@@H]2OC(C)=O)[C@H](OC(C)=O)[C@@H](OC(C)=O)[C@@H]1OC(C)=O. The normalized spacial score (nSPS) is 33.7. The summed E-state index contributed by atoms with van der Waals surface area (Å²) < 4.78 is 99.2. The Bertz CT molecular complexity index is 2370. The number of hydrogen-bond acceptors (Lipinski definition) is 30. The van der Waals surface area contributed by atoms with Crippen molar-refractivity contribution < 1.29 is 144 Å². The van der Waals surface area contributed by atoms with E-state index in [0.717, 1.165) is 69.2 Å². The van der Waals surface area contributed by atoms with E-state index in [2.05, 4.69) is 0 Å². The van der Waals surface area contributed by atoms with E-state index >= 15 is 0 Å². The molecule has 0 bridgehead atoms. The third kappa shape index (κ3) is 18.8. The average molecular weight is 1230 g/mol. The molecule has 3 N–H and O–H groups in total. The summed E-state index contributed by atoms with van der Waals surface area (Å²) in [5.41, 5.74) is 0. The Labute approximate surface area is 469 Å². The third-order valence-corrected chi connectivity index (χ3v) is 14.3. The molecule has 30 nitrogen and oxygen atoms in total. The number of carbonyl (C=O) groups is 10. The minimum atomic E-state index is -2.00.